The highest BCUT2D eigenvalue weighted by Gasteiger charge is 2.45. The van der Waals surface area contributed by atoms with E-state index in [4.69, 9.17) is 0 Å². The highest BCUT2D eigenvalue weighted by molar-refractivity contribution is 5.33. The first kappa shape index (κ1) is 15.1. The predicted octanol–water partition coefficient (Wildman–Crippen LogP) is 5.03. The summed E-state index contributed by atoms with van der Waals surface area (Å²) in [7, 11) is 0. The van der Waals surface area contributed by atoms with Crippen LogP contribution in [-0.4, -0.2) is 12.4 Å². The summed E-state index contributed by atoms with van der Waals surface area (Å²) in [6, 6.07) is 0. The van der Waals surface area contributed by atoms with E-state index in [1.54, 1.807) is 13.8 Å². The van der Waals surface area contributed by atoms with Gasteiger partial charge in [0.2, 0.25) is 0 Å². The Morgan fingerprint density at radius 2 is 1.78 bits per heavy atom. The molecule has 0 saturated heterocycles. The Morgan fingerprint density at radius 1 is 1.22 bits per heavy atom. The van der Waals surface area contributed by atoms with Crippen LogP contribution in [0.4, 0.5) is 26.3 Å². The molecule has 0 radical (unpaired) electrons. The van der Waals surface area contributed by atoms with Crippen molar-refractivity contribution in [2.45, 2.75) is 39.0 Å². The monoisotopic (exact) mass is 272 g/mol. The number of alkyl halides is 6. The molecule has 0 amide bonds. The number of hydrogen-bond acceptors (Lipinski definition) is 0. The Hall–Kier alpha value is -0.940. The van der Waals surface area contributed by atoms with Crippen LogP contribution < -0.4 is 0 Å². The van der Waals surface area contributed by atoms with Gasteiger partial charge in [-0.05, 0) is 24.3 Å². The molecule has 1 aliphatic carbocycles. The van der Waals surface area contributed by atoms with Crippen LogP contribution in [0.2, 0.25) is 0 Å². The molecule has 0 fully saturated rings. The van der Waals surface area contributed by atoms with Crippen molar-refractivity contribution >= 4 is 0 Å². The lowest BCUT2D eigenvalue weighted by Crippen LogP contribution is -2.28. The van der Waals surface area contributed by atoms with Gasteiger partial charge < -0.3 is 0 Å². The Balaban J connectivity index is 3.12. The Kier molecular flexibility index (Phi) is 4.18. The van der Waals surface area contributed by atoms with Crippen molar-refractivity contribution < 1.29 is 26.3 Å². The summed E-state index contributed by atoms with van der Waals surface area (Å²) in [4.78, 5) is 0. The molecule has 6 heteroatoms. The average molecular weight is 272 g/mol. The molecule has 2 atom stereocenters. The SMILES string of the molecule is CCC(C)C1=C[C@@H](C(F)(F)F)CC(C(F)(F)F)=C1. The van der Waals surface area contributed by atoms with Crippen molar-refractivity contribution in [2.24, 2.45) is 11.8 Å². The topological polar surface area (TPSA) is 0 Å². The molecular weight excluding hydrogens is 258 g/mol. The smallest absolute Gasteiger partial charge is 0.170 e. The fraction of sp³-hybridized carbons (Fsp3) is 0.667. The second kappa shape index (κ2) is 4.97. The number of rotatable bonds is 2. The third kappa shape index (κ3) is 3.53. The standard InChI is InChI=1S/C12H14F6/c1-3-7(2)8-4-9(11(13,14)15)6-10(5-8)12(16,17)18/h4-5,7,9H,3,6H2,1-2H3/t7?,9-/m1/s1. The van der Waals surface area contributed by atoms with Gasteiger partial charge in [-0.3, -0.25) is 0 Å². The highest BCUT2D eigenvalue weighted by Crippen LogP contribution is 2.42. The molecule has 0 aromatic rings. The lowest BCUT2D eigenvalue weighted by molar-refractivity contribution is -0.166. The summed E-state index contributed by atoms with van der Waals surface area (Å²) in [6.07, 6.45) is -8.08. The van der Waals surface area contributed by atoms with E-state index >= 15 is 0 Å². The molecule has 0 spiro atoms. The first-order chi connectivity index (χ1) is 8.05. The molecule has 0 aromatic heterocycles. The van der Waals surface area contributed by atoms with E-state index in [-0.39, 0.29) is 11.5 Å². The minimum absolute atomic E-state index is 0.124. The van der Waals surface area contributed by atoms with E-state index in [1.807, 2.05) is 0 Å². The van der Waals surface area contributed by atoms with Crippen molar-refractivity contribution in [3.8, 4) is 0 Å². The summed E-state index contributed by atoms with van der Waals surface area (Å²) < 4.78 is 75.6. The molecule has 0 aromatic carbocycles. The van der Waals surface area contributed by atoms with Crippen molar-refractivity contribution in [1.82, 2.24) is 0 Å². The van der Waals surface area contributed by atoms with E-state index in [0.29, 0.717) is 6.42 Å². The van der Waals surface area contributed by atoms with Gasteiger partial charge in [0, 0.05) is 5.57 Å². The van der Waals surface area contributed by atoms with Crippen LogP contribution in [0, 0.1) is 11.8 Å². The first-order valence-electron chi connectivity index (χ1n) is 5.62. The number of hydrogen-bond donors (Lipinski definition) is 0. The van der Waals surface area contributed by atoms with E-state index in [2.05, 4.69) is 0 Å². The Bertz CT molecular complexity index is 358. The number of allylic oxidation sites excluding steroid dienone is 4. The summed E-state index contributed by atoms with van der Waals surface area (Å²) in [5.41, 5.74) is -0.971. The fourth-order valence-electron chi connectivity index (χ4n) is 1.79. The molecule has 1 rings (SSSR count). The van der Waals surface area contributed by atoms with Crippen LogP contribution in [0.5, 0.6) is 0 Å². The van der Waals surface area contributed by atoms with Crippen LogP contribution in [0.25, 0.3) is 0 Å². The maximum Gasteiger partial charge on any atom is 0.412 e. The maximum atomic E-state index is 12.6. The molecule has 0 nitrogen and oxygen atoms in total. The minimum atomic E-state index is -4.70. The van der Waals surface area contributed by atoms with E-state index in [9.17, 15) is 26.3 Å². The van der Waals surface area contributed by atoms with Gasteiger partial charge >= 0.3 is 12.4 Å². The molecule has 0 N–H and O–H groups in total. The van der Waals surface area contributed by atoms with Gasteiger partial charge in [-0.25, -0.2) is 0 Å². The molecular formula is C12H14F6. The molecule has 0 aliphatic heterocycles. The van der Waals surface area contributed by atoms with Gasteiger partial charge in [0.25, 0.3) is 0 Å². The lowest BCUT2D eigenvalue weighted by atomic mass is 9.84. The van der Waals surface area contributed by atoms with Crippen LogP contribution in [-0.2, 0) is 0 Å². The zero-order chi connectivity index (χ0) is 14.1. The van der Waals surface area contributed by atoms with Crippen molar-refractivity contribution in [3.63, 3.8) is 0 Å². The van der Waals surface area contributed by atoms with Crippen molar-refractivity contribution in [3.05, 3.63) is 23.3 Å². The van der Waals surface area contributed by atoms with E-state index in [1.165, 1.54) is 0 Å². The van der Waals surface area contributed by atoms with Gasteiger partial charge in [0.15, 0.2) is 0 Å². The second-order valence-corrected chi connectivity index (χ2v) is 4.50. The molecule has 1 aliphatic rings. The van der Waals surface area contributed by atoms with Crippen LogP contribution >= 0.6 is 0 Å². The highest BCUT2D eigenvalue weighted by atomic mass is 19.4. The zero-order valence-electron chi connectivity index (χ0n) is 9.99. The third-order valence-electron chi connectivity index (χ3n) is 3.14. The zero-order valence-corrected chi connectivity index (χ0v) is 9.99. The van der Waals surface area contributed by atoms with E-state index < -0.39 is 30.3 Å². The lowest BCUT2D eigenvalue weighted by Gasteiger charge is -2.27. The normalized spacial score (nSPS) is 23.4. The third-order valence-corrected chi connectivity index (χ3v) is 3.14. The fourth-order valence-corrected chi connectivity index (χ4v) is 1.79. The largest absolute Gasteiger partial charge is 0.412 e. The maximum absolute atomic E-state index is 12.6. The summed E-state index contributed by atoms with van der Waals surface area (Å²) in [6.45, 7) is 3.35. The minimum Gasteiger partial charge on any atom is -0.170 e. The second-order valence-electron chi connectivity index (χ2n) is 4.50. The average Bonchev–Trinajstić information content (AvgIpc) is 2.25. The van der Waals surface area contributed by atoms with Crippen LogP contribution in [0.3, 0.4) is 0 Å². The van der Waals surface area contributed by atoms with Gasteiger partial charge in [-0.1, -0.05) is 26.0 Å². The first-order valence-corrected chi connectivity index (χ1v) is 5.62. The molecule has 18 heavy (non-hydrogen) atoms. The van der Waals surface area contributed by atoms with Gasteiger partial charge in [0.1, 0.15) is 0 Å². The van der Waals surface area contributed by atoms with Crippen LogP contribution in [0.15, 0.2) is 23.3 Å². The van der Waals surface area contributed by atoms with Crippen molar-refractivity contribution in [1.29, 1.82) is 0 Å². The van der Waals surface area contributed by atoms with Crippen molar-refractivity contribution in [2.75, 3.05) is 0 Å². The summed E-state index contributed by atoms with van der Waals surface area (Å²) >= 11 is 0. The summed E-state index contributed by atoms with van der Waals surface area (Å²) in [5, 5.41) is 0. The van der Waals surface area contributed by atoms with Gasteiger partial charge in [0.05, 0.1) is 5.92 Å². The molecule has 1 unspecified atom stereocenters. The predicted molar refractivity (Wildman–Crippen MR) is 55.8 cm³/mol. The van der Waals surface area contributed by atoms with Gasteiger partial charge in [-0.15, -0.1) is 0 Å². The molecule has 0 heterocycles. The molecule has 0 saturated carbocycles. The van der Waals surface area contributed by atoms with Crippen LogP contribution in [0.1, 0.15) is 26.7 Å². The number of halogens is 6. The molecule has 0 bridgehead atoms. The van der Waals surface area contributed by atoms with Gasteiger partial charge in [-0.2, -0.15) is 26.3 Å². The Morgan fingerprint density at radius 3 is 2.17 bits per heavy atom. The Labute approximate surface area is 101 Å². The molecule has 104 valence electrons. The summed E-state index contributed by atoms with van der Waals surface area (Å²) in [5.74, 6) is -2.35. The quantitative estimate of drug-likeness (QED) is 0.618. The van der Waals surface area contributed by atoms with E-state index in [0.717, 1.165) is 12.2 Å².